The summed E-state index contributed by atoms with van der Waals surface area (Å²) in [4.78, 5) is 28.6. The van der Waals surface area contributed by atoms with E-state index in [1.165, 1.54) is 4.90 Å². The number of unbranched alkanes of at least 4 members (excludes halogenated alkanes) is 1. The Morgan fingerprint density at radius 2 is 2.20 bits per heavy atom. The lowest BCUT2D eigenvalue weighted by Gasteiger charge is -2.21. The summed E-state index contributed by atoms with van der Waals surface area (Å²) in [7, 11) is 1.61. The Bertz CT molecular complexity index is 437. The van der Waals surface area contributed by atoms with Gasteiger partial charge in [0.05, 0.1) is 12.2 Å². The number of urea groups is 1. The van der Waals surface area contributed by atoms with Gasteiger partial charge in [-0.25, -0.2) is 9.59 Å². The largest absolute Gasteiger partial charge is 0.480 e. The van der Waals surface area contributed by atoms with E-state index in [9.17, 15) is 9.59 Å². The Kier molecular flexibility index (Phi) is 6.49. The summed E-state index contributed by atoms with van der Waals surface area (Å²) in [6, 6.07) is 4.22. The standard InChI is InChI=1S/C14H21N3O3/c1-3-4-8-12(13(18)19)16-14(20)17(2)10-11-7-5-6-9-15-11/h5-7,9,12H,3-4,8,10H2,1-2H3,(H,16,20)(H,18,19)/t12-/m0/s1. The number of hydrogen-bond donors (Lipinski definition) is 2. The van der Waals surface area contributed by atoms with Crippen molar-refractivity contribution < 1.29 is 14.7 Å². The van der Waals surface area contributed by atoms with Gasteiger partial charge in [0.1, 0.15) is 6.04 Å². The second-order valence-corrected chi connectivity index (χ2v) is 4.66. The van der Waals surface area contributed by atoms with Crippen LogP contribution in [-0.4, -0.2) is 40.1 Å². The van der Waals surface area contributed by atoms with Gasteiger partial charge in [-0.05, 0) is 18.6 Å². The third-order valence-corrected chi connectivity index (χ3v) is 2.91. The second kappa shape index (κ2) is 8.14. The predicted molar refractivity (Wildman–Crippen MR) is 75.2 cm³/mol. The SMILES string of the molecule is CCCC[C@H](NC(=O)N(C)Cc1ccccn1)C(=O)O. The molecule has 2 amide bonds. The summed E-state index contributed by atoms with van der Waals surface area (Å²) in [6.07, 6.45) is 3.75. The number of carbonyl (C=O) groups excluding carboxylic acids is 1. The van der Waals surface area contributed by atoms with Gasteiger partial charge in [0.2, 0.25) is 0 Å². The predicted octanol–water partition coefficient (Wildman–Crippen LogP) is 1.87. The van der Waals surface area contributed by atoms with Crippen LogP contribution in [0.25, 0.3) is 0 Å². The third-order valence-electron chi connectivity index (χ3n) is 2.91. The average Bonchev–Trinajstić information content (AvgIpc) is 2.43. The molecule has 0 fully saturated rings. The highest BCUT2D eigenvalue weighted by molar-refractivity contribution is 5.82. The Hall–Kier alpha value is -2.11. The third kappa shape index (κ3) is 5.26. The minimum Gasteiger partial charge on any atom is -0.480 e. The maximum absolute atomic E-state index is 11.9. The van der Waals surface area contributed by atoms with Gasteiger partial charge in [-0.3, -0.25) is 4.98 Å². The maximum atomic E-state index is 11.9. The van der Waals surface area contributed by atoms with E-state index in [4.69, 9.17) is 5.11 Å². The number of carboxylic acids is 1. The number of nitrogens with one attached hydrogen (secondary N) is 1. The monoisotopic (exact) mass is 279 g/mol. The van der Waals surface area contributed by atoms with E-state index in [1.54, 1.807) is 19.3 Å². The van der Waals surface area contributed by atoms with Crippen molar-refractivity contribution in [1.29, 1.82) is 0 Å². The first-order valence-electron chi connectivity index (χ1n) is 6.69. The molecule has 0 unspecified atom stereocenters. The summed E-state index contributed by atoms with van der Waals surface area (Å²) >= 11 is 0. The Morgan fingerprint density at radius 3 is 2.75 bits per heavy atom. The van der Waals surface area contributed by atoms with Crippen LogP contribution in [0.3, 0.4) is 0 Å². The molecule has 1 aromatic rings. The number of aromatic nitrogens is 1. The van der Waals surface area contributed by atoms with Gasteiger partial charge in [-0.1, -0.05) is 25.8 Å². The topological polar surface area (TPSA) is 82.5 Å². The van der Waals surface area contributed by atoms with E-state index in [1.807, 2.05) is 19.1 Å². The molecule has 0 bridgehead atoms. The summed E-state index contributed by atoms with van der Waals surface area (Å²) in [6.45, 7) is 2.32. The van der Waals surface area contributed by atoms with E-state index in [0.717, 1.165) is 18.5 Å². The van der Waals surface area contributed by atoms with Gasteiger partial charge < -0.3 is 15.3 Å². The number of carboxylic acid groups (broad SMARTS) is 1. The van der Waals surface area contributed by atoms with Gasteiger partial charge in [0.15, 0.2) is 0 Å². The van der Waals surface area contributed by atoms with E-state index in [-0.39, 0.29) is 0 Å². The molecule has 6 nitrogen and oxygen atoms in total. The molecule has 0 saturated heterocycles. The fourth-order valence-electron chi connectivity index (χ4n) is 1.73. The minimum atomic E-state index is -1.00. The number of pyridine rings is 1. The van der Waals surface area contributed by atoms with Gasteiger partial charge in [-0.2, -0.15) is 0 Å². The molecular formula is C14H21N3O3. The van der Waals surface area contributed by atoms with Crippen LogP contribution < -0.4 is 5.32 Å². The summed E-state index contributed by atoms with van der Waals surface area (Å²) < 4.78 is 0. The number of rotatable bonds is 7. The lowest BCUT2D eigenvalue weighted by atomic mass is 10.1. The summed E-state index contributed by atoms with van der Waals surface area (Å²) in [5.41, 5.74) is 0.755. The first kappa shape index (κ1) is 15.9. The molecule has 0 spiro atoms. The van der Waals surface area contributed by atoms with Crippen LogP contribution in [0.5, 0.6) is 0 Å². The van der Waals surface area contributed by atoms with Crippen molar-refractivity contribution in [2.75, 3.05) is 7.05 Å². The second-order valence-electron chi connectivity index (χ2n) is 4.66. The molecule has 1 heterocycles. The zero-order chi connectivity index (χ0) is 15.0. The Balaban J connectivity index is 2.53. The van der Waals surface area contributed by atoms with Crippen molar-refractivity contribution in [3.8, 4) is 0 Å². The fourth-order valence-corrected chi connectivity index (χ4v) is 1.73. The molecule has 1 rings (SSSR count). The number of nitrogens with zero attached hydrogens (tertiary/aromatic N) is 2. The van der Waals surface area contributed by atoms with Crippen LogP contribution in [0.2, 0.25) is 0 Å². The van der Waals surface area contributed by atoms with Crippen molar-refractivity contribution in [3.63, 3.8) is 0 Å². The molecule has 0 aliphatic carbocycles. The van der Waals surface area contributed by atoms with E-state index >= 15 is 0 Å². The van der Waals surface area contributed by atoms with Crippen molar-refractivity contribution in [1.82, 2.24) is 15.2 Å². The van der Waals surface area contributed by atoms with Crippen molar-refractivity contribution in [2.45, 2.75) is 38.8 Å². The number of amides is 2. The van der Waals surface area contributed by atoms with Crippen LogP contribution in [0.15, 0.2) is 24.4 Å². The molecule has 0 aliphatic rings. The highest BCUT2D eigenvalue weighted by atomic mass is 16.4. The highest BCUT2D eigenvalue weighted by Gasteiger charge is 2.21. The summed E-state index contributed by atoms with van der Waals surface area (Å²) in [5, 5.41) is 11.6. The van der Waals surface area contributed by atoms with E-state index in [0.29, 0.717) is 13.0 Å². The molecule has 2 N–H and O–H groups in total. The normalized spacial score (nSPS) is 11.7. The van der Waals surface area contributed by atoms with Crippen molar-refractivity contribution >= 4 is 12.0 Å². The van der Waals surface area contributed by atoms with E-state index in [2.05, 4.69) is 10.3 Å². The molecule has 0 aromatic carbocycles. The zero-order valence-electron chi connectivity index (χ0n) is 11.9. The highest BCUT2D eigenvalue weighted by Crippen LogP contribution is 2.03. The van der Waals surface area contributed by atoms with Gasteiger partial charge in [0.25, 0.3) is 0 Å². The van der Waals surface area contributed by atoms with Crippen LogP contribution in [0, 0.1) is 0 Å². The molecule has 20 heavy (non-hydrogen) atoms. The maximum Gasteiger partial charge on any atom is 0.326 e. The van der Waals surface area contributed by atoms with Gasteiger partial charge in [0, 0.05) is 13.2 Å². The molecule has 1 aromatic heterocycles. The summed E-state index contributed by atoms with van der Waals surface area (Å²) in [5.74, 6) is -1.00. The molecular weight excluding hydrogens is 258 g/mol. The number of carbonyl (C=O) groups is 2. The zero-order valence-corrected chi connectivity index (χ0v) is 11.9. The lowest BCUT2D eigenvalue weighted by molar-refractivity contribution is -0.139. The molecule has 110 valence electrons. The smallest absolute Gasteiger partial charge is 0.326 e. The Labute approximate surface area is 118 Å². The van der Waals surface area contributed by atoms with Crippen LogP contribution >= 0.6 is 0 Å². The quantitative estimate of drug-likeness (QED) is 0.798. The van der Waals surface area contributed by atoms with Gasteiger partial charge >= 0.3 is 12.0 Å². The van der Waals surface area contributed by atoms with Gasteiger partial charge in [-0.15, -0.1) is 0 Å². The van der Waals surface area contributed by atoms with Crippen LogP contribution in [0.1, 0.15) is 31.9 Å². The Morgan fingerprint density at radius 1 is 1.45 bits per heavy atom. The lowest BCUT2D eigenvalue weighted by Crippen LogP contribution is -2.46. The van der Waals surface area contributed by atoms with Crippen molar-refractivity contribution in [3.05, 3.63) is 30.1 Å². The number of aliphatic carboxylic acids is 1. The minimum absolute atomic E-state index is 0.340. The van der Waals surface area contributed by atoms with Crippen molar-refractivity contribution in [2.24, 2.45) is 0 Å². The first-order valence-corrected chi connectivity index (χ1v) is 6.69. The molecule has 1 atom stereocenters. The molecule has 0 aliphatic heterocycles. The molecule has 0 saturated carbocycles. The van der Waals surface area contributed by atoms with Crippen LogP contribution in [0.4, 0.5) is 4.79 Å². The average molecular weight is 279 g/mol. The van der Waals surface area contributed by atoms with Crippen LogP contribution in [-0.2, 0) is 11.3 Å². The first-order chi connectivity index (χ1) is 9.54. The molecule has 0 radical (unpaired) electrons. The fraction of sp³-hybridized carbons (Fsp3) is 0.500. The van der Waals surface area contributed by atoms with E-state index < -0.39 is 18.0 Å². The molecule has 6 heteroatoms. The number of hydrogen-bond acceptors (Lipinski definition) is 3.